The highest BCUT2D eigenvalue weighted by Crippen LogP contribution is 2.47. The van der Waals surface area contributed by atoms with Crippen LogP contribution in [0.25, 0.3) is 6.08 Å². The lowest BCUT2D eigenvalue weighted by molar-refractivity contribution is -0.127. The second kappa shape index (κ2) is 6.91. The lowest BCUT2D eigenvalue weighted by Crippen LogP contribution is -2.49. The molecule has 1 aliphatic carbocycles. The van der Waals surface area contributed by atoms with Crippen LogP contribution in [0.1, 0.15) is 44.6 Å². The summed E-state index contributed by atoms with van der Waals surface area (Å²) in [6, 6.07) is 4.01. The predicted molar refractivity (Wildman–Crippen MR) is 92.1 cm³/mol. The number of piperazine rings is 1. The van der Waals surface area contributed by atoms with Gasteiger partial charge in [0, 0.05) is 44.7 Å². The Labute approximate surface area is 139 Å². The van der Waals surface area contributed by atoms with Gasteiger partial charge in [0.05, 0.1) is 0 Å². The molecule has 0 spiro atoms. The van der Waals surface area contributed by atoms with E-state index in [0.29, 0.717) is 11.8 Å². The summed E-state index contributed by atoms with van der Waals surface area (Å²) in [5, 5.41) is 0. The molecular formula is C19H28N2O2. The second-order valence-electron chi connectivity index (χ2n) is 7.41. The smallest absolute Gasteiger partial charge is 0.246 e. The third-order valence-corrected chi connectivity index (χ3v) is 4.82. The van der Waals surface area contributed by atoms with Crippen LogP contribution in [0.5, 0.6) is 0 Å². The minimum atomic E-state index is 0.0898. The lowest BCUT2D eigenvalue weighted by atomic mass is 10.2. The van der Waals surface area contributed by atoms with E-state index in [-0.39, 0.29) is 5.91 Å². The van der Waals surface area contributed by atoms with Gasteiger partial charge in [0.2, 0.25) is 5.91 Å². The maximum atomic E-state index is 12.3. The van der Waals surface area contributed by atoms with Crippen LogP contribution in [0.3, 0.4) is 0 Å². The van der Waals surface area contributed by atoms with E-state index in [1.165, 1.54) is 6.42 Å². The number of nitrogens with zero attached hydrogens (tertiary/aromatic N) is 2. The van der Waals surface area contributed by atoms with Gasteiger partial charge in [0.1, 0.15) is 11.5 Å². The Morgan fingerprint density at radius 1 is 1.30 bits per heavy atom. The van der Waals surface area contributed by atoms with E-state index >= 15 is 0 Å². The summed E-state index contributed by atoms with van der Waals surface area (Å²) in [4.78, 5) is 16.7. The van der Waals surface area contributed by atoms with Gasteiger partial charge < -0.3 is 9.32 Å². The SMILES string of the molecule is CC(C)CN1CCN(C(=O)/C=C/c2ccc(C3CC3C)o2)CC1. The summed E-state index contributed by atoms with van der Waals surface area (Å²) < 4.78 is 5.81. The molecule has 1 aromatic heterocycles. The molecule has 2 heterocycles. The second-order valence-corrected chi connectivity index (χ2v) is 7.41. The van der Waals surface area contributed by atoms with Crippen molar-refractivity contribution in [3.63, 3.8) is 0 Å². The fourth-order valence-corrected chi connectivity index (χ4v) is 3.30. The van der Waals surface area contributed by atoms with Gasteiger partial charge in [0.25, 0.3) is 0 Å². The number of furan rings is 1. The van der Waals surface area contributed by atoms with Gasteiger partial charge in [-0.2, -0.15) is 0 Å². The monoisotopic (exact) mass is 316 g/mol. The molecule has 0 radical (unpaired) electrons. The van der Waals surface area contributed by atoms with Crippen molar-refractivity contribution < 1.29 is 9.21 Å². The molecule has 3 rings (SSSR count). The van der Waals surface area contributed by atoms with Crippen molar-refractivity contribution in [2.45, 2.75) is 33.1 Å². The summed E-state index contributed by atoms with van der Waals surface area (Å²) in [5.41, 5.74) is 0. The molecule has 2 aliphatic rings. The quantitative estimate of drug-likeness (QED) is 0.783. The third kappa shape index (κ3) is 4.25. The lowest BCUT2D eigenvalue weighted by Gasteiger charge is -2.35. The molecular weight excluding hydrogens is 288 g/mol. The van der Waals surface area contributed by atoms with Crippen LogP contribution in [0, 0.1) is 11.8 Å². The number of hydrogen-bond donors (Lipinski definition) is 0. The Kier molecular flexibility index (Phi) is 4.90. The normalized spacial score (nSPS) is 25.5. The Bertz CT molecular complexity index is 568. The van der Waals surface area contributed by atoms with Crippen LogP contribution in [0.4, 0.5) is 0 Å². The molecule has 1 saturated heterocycles. The zero-order valence-corrected chi connectivity index (χ0v) is 14.5. The van der Waals surface area contributed by atoms with Crippen molar-refractivity contribution in [3.8, 4) is 0 Å². The van der Waals surface area contributed by atoms with Gasteiger partial charge in [-0.05, 0) is 36.5 Å². The molecule has 2 unspecified atom stereocenters. The molecule has 2 atom stereocenters. The minimum absolute atomic E-state index is 0.0898. The first-order valence-electron chi connectivity index (χ1n) is 8.82. The van der Waals surface area contributed by atoms with E-state index in [4.69, 9.17) is 4.42 Å². The first-order chi connectivity index (χ1) is 11.0. The van der Waals surface area contributed by atoms with Gasteiger partial charge in [-0.3, -0.25) is 9.69 Å². The first kappa shape index (κ1) is 16.3. The highest BCUT2D eigenvalue weighted by atomic mass is 16.3. The van der Waals surface area contributed by atoms with Crippen LogP contribution in [-0.4, -0.2) is 48.4 Å². The van der Waals surface area contributed by atoms with Crippen molar-refractivity contribution in [2.75, 3.05) is 32.7 Å². The van der Waals surface area contributed by atoms with Crippen LogP contribution in [-0.2, 0) is 4.79 Å². The molecule has 0 aromatic carbocycles. The van der Waals surface area contributed by atoms with Gasteiger partial charge in [-0.15, -0.1) is 0 Å². The molecule has 4 heteroatoms. The molecule has 126 valence electrons. The highest BCUT2D eigenvalue weighted by Gasteiger charge is 2.36. The van der Waals surface area contributed by atoms with Crippen LogP contribution >= 0.6 is 0 Å². The van der Waals surface area contributed by atoms with E-state index in [1.54, 1.807) is 12.2 Å². The van der Waals surface area contributed by atoms with Crippen molar-refractivity contribution in [3.05, 3.63) is 29.7 Å². The minimum Gasteiger partial charge on any atom is -0.461 e. The number of amides is 1. The molecule has 0 N–H and O–H groups in total. The van der Waals surface area contributed by atoms with E-state index in [2.05, 4.69) is 25.7 Å². The molecule has 1 saturated carbocycles. The molecule has 1 amide bonds. The molecule has 4 nitrogen and oxygen atoms in total. The third-order valence-electron chi connectivity index (χ3n) is 4.82. The summed E-state index contributed by atoms with van der Waals surface area (Å²) >= 11 is 0. The molecule has 1 aromatic rings. The molecule has 0 bridgehead atoms. The highest BCUT2D eigenvalue weighted by molar-refractivity contribution is 5.91. The summed E-state index contributed by atoms with van der Waals surface area (Å²) in [7, 11) is 0. The van der Waals surface area contributed by atoms with Crippen LogP contribution in [0.15, 0.2) is 22.6 Å². The van der Waals surface area contributed by atoms with Crippen LogP contribution < -0.4 is 0 Å². The first-order valence-corrected chi connectivity index (χ1v) is 8.82. The predicted octanol–water partition coefficient (Wildman–Crippen LogP) is 3.22. The van der Waals surface area contributed by atoms with E-state index in [9.17, 15) is 4.79 Å². The number of rotatable bonds is 5. The fourth-order valence-electron chi connectivity index (χ4n) is 3.30. The molecule has 1 aliphatic heterocycles. The van der Waals surface area contributed by atoms with E-state index in [0.717, 1.165) is 50.2 Å². The molecule has 2 fully saturated rings. The zero-order chi connectivity index (χ0) is 16.4. The Morgan fingerprint density at radius 2 is 2.00 bits per heavy atom. The standard InChI is InChI=1S/C19H28N2O2/c1-14(2)13-20-8-10-21(11-9-20)19(22)7-5-16-4-6-18(23-16)17-12-15(17)3/h4-7,14-15,17H,8-13H2,1-3H3/b7-5+. The van der Waals surface area contributed by atoms with E-state index in [1.807, 2.05) is 17.0 Å². The largest absolute Gasteiger partial charge is 0.461 e. The number of carbonyl (C=O) groups excluding carboxylic acids is 1. The summed E-state index contributed by atoms with van der Waals surface area (Å²) in [6.07, 6.45) is 4.67. The van der Waals surface area contributed by atoms with Gasteiger partial charge in [-0.25, -0.2) is 0 Å². The zero-order valence-electron chi connectivity index (χ0n) is 14.5. The van der Waals surface area contributed by atoms with Crippen molar-refractivity contribution >= 4 is 12.0 Å². The number of carbonyl (C=O) groups is 1. The average molecular weight is 316 g/mol. The maximum absolute atomic E-state index is 12.3. The fraction of sp³-hybridized carbons (Fsp3) is 0.632. The number of hydrogen-bond acceptors (Lipinski definition) is 3. The van der Waals surface area contributed by atoms with Crippen LogP contribution in [0.2, 0.25) is 0 Å². The van der Waals surface area contributed by atoms with Crippen molar-refractivity contribution in [2.24, 2.45) is 11.8 Å². The Balaban J connectivity index is 1.48. The van der Waals surface area contributed by atoms with Crippen molar-refractivity contribution in [1.82, 2.24) is 9.80 Å². The van der Waals surface area contributed by atoms with E-state index < -0.39 is 0 Å². The summed E-state index contributed by atoms with van der Waals surface area (Å²) in [5.74, 6) is 3.94. The van der Waals surface area contributed by atoms with Gasteiger partial charge in [0.15, 0.2) is 0 Å². The Morgan fingerprint density at radius 3 is 2.61 bits per heavy atom. The summed E-state index contributed by atoms with van der Waals surface area (Å²) in [6.45, 7) is 11.4. The topological polar surface area (TPSA) is 36.7 Å². The Hall–Kier alpha value is -1.55. The van der Waals surface area contributed by atoms with Gasteiger partial charge >= 0.3 is 0 Å². The van der Waals surface area contributed by atoms with Gasteiger partial charge in [-0.1, -0.05) is 20.8 Å². The maximum Gasteiger partial charge on any atom is 0.246 e. The van der Waals surface area contributed by atoms with Crippen molar-refractivity contribution in [1.29, 1.82) is 0 Å². The molecule has 23 heavy (non-hydrogen) atoms. The average Bonchev–Trinajstić information content (AvgIpc) is 3.07.